The van der Waals surface area contributed by atoms with Gasteiger partial charge in [0.2, 0.25) is 0 Å². The van der Waals surface area contributed by atoms with Crippen LogP contribution < -0.4 is 5.32 Å². The van der Waals surface area contributed by atoms with Crippen LogP contribution in [-0.2, 0) is 4.74 Å². The van der Waals surface area contributed by atoms with Crippen LogP contribution in [0.4, 0.5) is 0 Å². The standard InChI is InChI=1S/C12H20N2OS/c1-2-14-12(9-13)5-3-4-10(6-12)16-11-7-15-8-11/h10-11,14H,2-8H2,1H3. The van der Waals surface area contributed by atoms with E-state index in [1.807, 2.05) is 11.8 Å². The van der Waals surface area contributed by atoms with E-state index in [4.69, 9.17) is 4.74 Å². The minimum absolute atomic E-state index is 0.255. The Bertz CT molecular complexity index is 271. The van der Waals surface area contributed by atoms with Crippen LogP contribution in [0.1, 0.15) is 32.6 Å². The van der Waals surface area contributed by atoms with E-state index in [0.29, 0.717) is 10.5 Å². The number of rotatable bonds is 4. The minimum Gasteiger partial charge on any atom is -0.379 e. The molecule has 2 unspecified atom stereocenters. The number of thioether (sulfide) groups is 1. The molecule has 1 saturated heterocycles. The quantitative estimate of drug-likeness (QED) is 0.815. The highest BCUT2D eigenvalue weighted by atomic mass is 32.2. The van der Waals surface area contributed by atoms with Crippen LogP contribution in [-0.4, -0.2) is 35.8 Å². The average Bonchev–Trinajstić information content (AvgIpc) is 2.25. The first kappa shape index (κ1) is 12.2. The van der Waals surface area contributed by atoms with Crippen molar-refractivity contribution in [1.29, 1.82) is 5.26 Å². The summed E-state index contributed by atoms with van der Waals surface area (Å²) in [5.74, 6) is 0. The van der Waals surface area contributed by atoms with Gasteiger partial charge >= 0.3 is 0 Å². The average molecular weight is 240 g/mol. The Morgan fingerprint density at radius 1 is 1.50 bits per heavy atom. The summed E-state index contributed by atoms with van der Waals surface area (Å²) in [6.07, 6.45) is 4.44. The predicted molar refractivity (Wildman–Crippen MR) is 66.5 cm³/mol. The normalized spacial score (nSPS) is 35.4. The van der Waals surface area contributed by atoms with Crippen LogP contribution in [0.3, 0.4) is 0 Å². The molecule has 2 fully saturated rings. The summed E-state index contributed by atoms with van der Waals surface area (Å²) in [5, 5.41) is 14.1. The van der Waals surface area contributed by atoms with E-state index in [0.717, 1.165) is 32.6 Å². The SMILES string of the molecule is CCNC1(C#N)CCCC(SC2COC2)C1. The second-order valence-corrected chi connectivity index (χ2v) is 6.34. The van der Waals surface area contributed by atoms with E-state index in [2.05, 4.69) is 18.3 Å². The topological polar surface area (TPSA) is 45.0 Å². The summed E-state index contributed by atoms with van der Waals surface area (Å²) in [6.45, 7) is 4.77. The molecule has 0 spiro atoms. The zero-order valence-electron chi connectivity index (χ0n) is 9.87. The molecule has 0 aromatic rings. The molecule has 2 aliphatic rings. The van der Waals surface area contributed by atoms with E-state index >= 15 is 0 Å². The molecule has 2 rings (SSSR count). The van der Waals surface area contributed by atoms with Crippen LogP contribution >= 0.6 is 11.8 Å². The summed E-state index contributed by atoms with van der Waals surface area (Å²) >= 11 is 2.03. The fraction of sp³-hybridized carbons (Fsp3) is 0.917. The van der Waals surface area contributed by atoms with E-state index in [-0.39, 0.29) is 5.54 Å². The lowest BCUT2D eigenvalue weighted by molar-refractivity contribution is 0.0451. The van der Waals surface area contributed by atoms with Gasteiger partial charge in [0, 0.05) is 5.25 Å². The van der Waals surface area contributed by atoms with Crippen molar-refractivity contribution < 1.29 is 4.74 Å². The van der Waals surface area contributed by atoms with Crippen molar-refractivity contribution in [3.05, 3.63) is 0 Å². The molecule has 0 aromatic carbocycles. The van der Waals surface area contributed by atoms with Crippen molar-refractivity contribution in [3.8, 4) is 6.07 Å². The first-order chi connectivity index (χ1) is 7.78. The summed E-state index contributed by atoms with van der Waals surface area (Å²) in [5.41, 5.74) is -0.255. The van der Waals surface area contributed by atoms with Gasteiger partial charge in [-0.15, -0.1) is 0 Å². The van der Waals surface area contributed by atoms with Crippen molar-refractivity contribution in [3.63, 3.8) is 0 Å². The molecule has 4 heteroatoms. The van der Waals surface area contributed by atoms with Gasteiger partial charge in [-0.05, 0) is 32.2 Å². The van der Waals surface area contributed by atoms with Gasteiger partial charge in [-0.2, -0.15) is 17.0 Å². The highest BCUT2D eigenvalue weighted by Gasteiger charge is 2.37. The smallest absolute Gasteiger partial charge is 0.107 e. The number of nitrogens with zero attached hydrogens (tertiary/aromatic N) is 1. The van der Waals surface area contributed by atoms with Crippen LogP contribution in [0.15, 0.2) is 0 Å². The van der Waals surface area contributed by atoms with Crippen molar-refractivity contribution in [2.75, 3.05) is 19.8 Å². The molecule has 3 nitrogen and oxygen atoms in total. The van der Waals surface area contributed by atoms with Gasteiger partial charge < -0.3 is 4.74 Å². The number of nitrogens with one attached hydrogen (secondary N) is 1. The Balaban J connectivity index is 1.88. The highest BCUT2D eigenvalue weighted by Crippen LogP contribution is 2.37. The van der Waals surface area contributed by atoms with E-state index in [1.165, 1.54) is 12.8 Å². The fourth-order valence-corrected chi connectivity index (χ4v) is 4.12. The summed E-state index contributed by atoms with van der Waals surface area (Å²) in [4.78, 5) is 0. The van der Waals surface area contributed by atoms with Gasteiger partial charge in [-0.3, -0.25) is 5.32 Å². The molecule has 90 valence electrons. The molecular formula is C12H20N2OS. The molecule has 0 bridgehead atoms. The Morgan fingerprint density at radius 2 is 2.31 bits per heavy atom. The molecule has 0 aromatic heterocycles. The van der Waals surface area contributed by atoms with Crippen LogP contribution in [0.2, 0.25) is 0 Å². The van der Waals surface area contributed by atoms with Crippen LogP contribution in [0, 0.1) is 11.3 Å². The van der Waals surface area contributed by atoms with Gasteiger partial charge in [-0.1, -0.05) is 6.92 Å². The zero-order chi connectivity index (χ0) is 11.4. The number of hydrogen-bond donors (Lipinski definition) is 1. The largest absolute Gasteiger partial charge is 0.379 e. The third kappa shape index (κ3) is 2.71. The lowest BCUT2D eigenvalue weighted by Crippen LogP contribution is -2.48. The minimum atomic E-state index is -0.255. The van der Waals surface area contributed by atoms with Crippen molar-refractivity contribution in [1.82, 2.24) is 5.32 Å². The maximum atomic E-state index is 9.35. The predicted octanol–water partition coefficient (Wildman–Crippen LogP) is 1.93. The summed E-state index contributed by atoms with van der Waals surface area (Å²) in [7, 11) is 0. The second kappa shape index (κ2) is 5.39. The van der Waals surface area contributed by atoms with Crippen molar-refractivity contribution >= 4 is 11.8 Å². The lowest BCUT2D eigenvalue weighted by Gasteiger charge is -2.38. The molecule has 1 aliphatic heterocycles. The monoisotopic (exact) mass is 240 g/mol. The molecule has 1 N–H and O–H groups in total. The number of nitriles is 1. The fourth-order valence-electron chi connectivity index (χ4n) is 2.55. The van der Waals surface area contributed by atoms with E-state index in [9.17, 15) is 5.26 Å². The maximum absolute atomic E-state index is 9.35. The van der Waals surface area contributed by atoms with E-state index in [1.54, 1.807) is 0 Å². The van der Waals surface area contributed by atoms with Crippen LogP contribution in [0.25, 0.3) is 0 Å². The number of hydrogen-bond acceptors (Lipinski definition) is 4. The molecule has 16 heavy (non-hydrogen) atoms. The van der Waals surface area contributed by atoms with Gasteiger partial charge in [0.05, 0.1) is 24.5 Å². The third-order valence-corrected chi connectivity index (χ3v) is 4.87. The maximum Gasteiger partial charge on any atom is 0.107 e. The molecule has 1 saturated carbocycles. The van der Waals surface area contributed by atoms with E-state index < -0.39 is 0 Å². The molecule has 1 heterocycles. The number of ether oxygens (including phenoxy) is 1. The zero-order valence-corrected chi connectivity index (χ0v) is 10.7. The third-order valence-electron chi connectivity index (χ3n) is 3.43. The Morgan fingerprint density at radius 3 is 2.88 bits per heavy atom. The molecule has 0 amide bonds. The van der Waals surface area contributed by atoms with Gasteiger partial charge in [0.1, 0.15) is 5.54 Å². The molecule has 1 aliphatic carbocycles. The first-order valence-corrected chi connectivity index (χ1v) is 7.12. The molecule has 0 radical (unpaired) electrons. The highest BCUT2D eigenvalue weighted by molar-refractivity contribution is 8.00. The van der Waals surface area contributed by atoms with Crippen molar-refractivity contribution in [2.45, 2.75) is 48.6 Å². The van der Waals surface area contributed by atoms with Gasteiger partial charge in [-0.25, -0.2) is 0 Å². The lowest BCUT2D eigenvalue weighted by atomic mass is 9.82. The van der Waals surface area contributed by atoms with Gasteiger partial charge in [0.25, 0.3) is 0 Å². The van der Waals surface area contributed by atoms with Gasteiger partial charge in [0.15, 0.2) is 0 Å². The summed E-state index contributed by atoms with van der Waals surface area (Å²) in [6, 6.07) is 2.50. The van der Waals surface area contributed by atoms with Crippen molar-refractivity contribution in [2.24, 2.45) is 0 Å². The second-order valence-electron chi connectivity index (χ2n) is 4.74. The Labute approximate surface area is 102 Å². The molecule has 2 atom stereocenters. The summed E-state index contributed by atoms with van der Waals surface area (Å²) < 4.78 is 5.20. The first-order valence-electron chi connectivity index (χ1n) is 6.17. The van der Waals surface area contributed by atoms with Crippen LogP contribution in [0.5, 0.6) is 0 Å². The Kier molecular flexibility index (Phi) is 4.12. The Hall–Kier alpha value is -0.240. The molecular weight excluding hydrogens is 220 g/mol.